The lowest BCUT2D eigenvalue weighted by atomic mass is 9.83. The number of rotatable bonds is 4. The van der Waals surface area contributed by atoms with E-state index in [-0.39, 0.29) is 24.5 Å². The highest BCUT2D eigenvalue weighted by Gasteiger charge is 2.33. The summed E-state index contributed by atoms with van der Waals surface area (Å²) in [5.41, 5.74) is 0.909. The average molecular weight is 320 g/mol. The van der Waals surface area contributed by atoms with Crippen LogP contribution in [-0.2, 0) is 16.1 Å². The first-order chi connectivity index (χ1) is 11.0. The van der Waals surface area contributed by atoms with Crippen LogP contribution in [0.2, 0.25) is 0 Å². The Hall–Kier alpha value is -2.08. The smallest absolute Gasteiger partial charge is 0.407 e. The second-order valence-electron chi connectivity index (χ2n) is 6.19. The molecule has 1 saturated carbocycles. The summed E-state index contributed by atoms with van der Waals surface area (Å²) in [5.74, 6) is -0.290. The maximum atomic E-state index is 12.1. The molecule has 1 aromatic carbocycles. The van der Waals surface area contributed by atoms with Gasteiger partial charge in [0, 0.05) is 26.1 Å². The van der Waals surface area contributed by atoms with Gasteiger partial charge in [-0.05, 0) is 24.8 Å². The number of nitrogens with zero attached hydrogens (tertiary/aromatic N) is 1. The summed E-state index contributed by atoms with van der Waals surface area (Å²) in [6, 6.07) is 9.16. The standard InChI is InChI=1S/C17H24N2O4/c1-19(2)16(21)13-8-14(10-15(20)9-13)18-17(22)23-11-12-6-4-3-5-7-12/h3-7,13-15,20H,8-11H2,1-2H3,(H,18,22)/t13-,14+,15+/m1/s1. The van der Waals surface area contributed by atoms with Crippen molar-refractivity contribution < 1.29 is 19.4 Å². The molecule has 0 spiro atoms. The van der Waals surface area contributed by atoms with Crippen molar-refractivity contribution in [2.45, 2.75) is 38.0 Å². The lowest BCUT2D eigenvalue weighted by Gasteiger charge is -2.33. The summed E-state index contributed by atoms with van der Waals surface area (Å²) < 4.78 is 5.18. The highest BCUT2D eigenvalue weighted by molar-refractivity contribution is 5.78. The van der Waals surface area contributed by atoms with Gasteiger partial charge in [0.25, 0.3) is 0 Å². The van der Waals surface area contributed by atoms with Crippen LogP contribution < -0.4 is 5.32 Å². The van der Waals surface area contributed by atoms with Gasteiger partial charge < -0.3 is 20.1 Å². The molecule has 1 aliphatic carbocycles. The number of ether oxygens (including phenoxy) is 1. The Balaban J connectivity index is 1.83. The first-order valence-electron chi connectivity index (χ1n) is 7.82. The fraction of sp³-hybridized carbons (Fsp3) is 0.529. The van der Waals surface area contributed by atoms with Crippen LogP contribution in [0, 0.1) is 5.92 Å². The minimum atomic E-state index is -0.586. The van der Waals surface area contributed by atoms with Gasteiger partial charge in [-0.25, -0.2) is 4.79 Å². The van der Waals surface area contributed by atoms with Crippen LogP contribution in [0.4, 0.5) is 4.79 Å². The van der Waals surface area contributed by atoms with Crippen molar-refractivity contribution in [2.75, 3.05) is 14.1 Å². The van der Waals surface area contributed by atoms with Gasteiger partial charge in [-0.1, -0.05) is 30.3 Å². The van der Waals surface area contributed by atoms with Gasteiger partial charge >= 0.3 is 6.09 Å². The summed E-state index contributed by atoms with van der Waals surface area (Å²) in [5, 5.41) is 12.7. The molecule has 6 heteroatoms. The molecule has 1 aromatic rings. The molecule has 1 fully saturated rings. The monoisotopic (exact) mass is 320 g/mol. The first-order valence-corrected chi connectivity index (χ1v) is 7.82. The molecule has 0 bridgehead atoms. The minimum absolute atomic E-state index is 0.0202. The zero-order chi connectivity index (χ0) is 16.8. The van der Waals surface area contributed by atoms with E-state index in [4.69, 9.17) is 4.74 Å². The molecule has 2 amide bonds. The topological polar surface area (TPSA) is 78.9 Å². The molecule has 1 aliphatic rings. The van der Waals surface area contributed by atoms with E-state index in [9.17, 15) is 14.7 Å². The molecule has 0 unspecified atom stereocenters. The Kier molecular flexibility index (Phi) is 5.98. The lowest BCUT2D eigenvalue weighted by molar-refractivity contribution is -0.135. The molecule has 0 aliphatic heterocycles. The van der Waals surface area contributed by atoms with Crippen molar-refractivity contribution in [3.05, 3.63) is 35.9 Å². The van der Waals surface area contributed by atoms with Crippen molar-refractivity contribution in [1.29, 1.82) is 0 Å². The molecule has 0 aromatic heterocycles. The van der Waals surface area contributed by atoms with Gasteiger partial charge in [0.15, 0.2) is 0 Å². The van der Waals surface area contributed by atoms with Crippen LogP contribution in [0.1, 0.15) is 24.8 Å². The van der Waals surface area contributed by atoms with Crippen LogP contribution in [0.25, 0.3) is 0 Å². The number of carbonyl (C=O) groups is 2. The van der Waals surface area contributed by atoms with Crippen LogP contribution in [0.5, 0.6) is 0 Å². The Morgan fingerprint density at radius 1 is 1.22 bits per heavy atom. The molecule has 0 heterocycles. The van der Waals surface area contributed by atoms with Gasteiger partial charge in [0.05, 0.1) is 6.10 Å². The molecule has 2 rings (SSSR count). The molecule has 23 heavy (non-hydrogen) atoms. The Bertz CT molecular complexity index is 533. The number of alkyl carbamates (subject to hydrolysis) is 1. The van der Waals surface area contributed by atoms with E-state index in [1.807, 2.05) is 30.3 Å². The number of aliphatic hydroxyl groups excluding tert-OH is 1. The first kappa shape index (κ1) is 17.3. The summed E-state index contributed by atoms with van der Waals surface area (Å²) >= 11 is 0. The van der Waals surface area contributed by atoms with Crippen molar-refractivity contribution in [1.82, 2.24) is 10.2 Å². The van der Waals surface area contributed by atoms with E-state index in [0.29, 0.717) is 19.3 Å². The number of amides is 2. The number of aliphatic hydroxyl groups is 1. The highest BCUT2D eigenvalue weighted by Crippen LogP contribution is 2.26. The van der Waals surface area contributed by atoms with Crippen LogP contribution >= 0.6 is 0 Å². The predicted molar refractivity (Wildman–Crippen MR) is 85.6 cm³/mol. The van der Waals surface area contributed by atoms with E-state index in [1.165, 1.54) is 4.90 Å². The molecular weight excluding hydrogens is 296 g/mol. The van der Waals surface area contributed by atoms with Gasteiger partial charge in [-0.3, -0.25) is 4.79 Å². The lowest BCUT2D eigenvalue weighted by Crippen LogP contribution is -2.46. The fourth-order valence-electron chi connectivity index (χ4n) is 2.91. The fourth-order valence-corrected chi connectivity index (χ4v) is 2.91. The van der Waals surface area contributed by atoms with Gasteiger partial charge in [-0.15, -0.1) is 0 Å². The summed E-state index contributed by atoms with van der Waals surface area (Å²) in [6.45, 7) is 0.196. The van der Waals surface area contributed by atoms with Crippen LogP contribution in [-0.4, -0.2) is 48.2 Å². The number of hydrogen-bond donors (Lipinski definition) is 2. The van der Waals surface area contributed by atoms with Crippen molar-refractivity contribution in [2.24, 2.45) is 5.92 Å². The third kappa shape index (κ3) is 5.25. The van der Waals surface area contributed by atoms with E-state index >= 15 is 0 Å². The molecule has 126 valence electrons. The van der Waals surface area contributed by atoms with Gasteiger partial charge in [-0.2, -0.15) is 0 Å². The second kappa shape index (κ2) is 7.97. The second-order valence-corrected chi connectivity index (χ2v) is 6.19. The van der Waals surface area contributed by atoms with E-state index in [0.717, 1.165) is 5.56 Å². The van der Waals surface area contributed by atoms with E-state index in [1.54, 1.807) is 14.1 Å². The Morgan fingerprint density at radius 3 is 2.57 bits per heavy atom. The number of nitrogens with one attached hydrogen (secondary N) is 1. The number of hydrogen-bond acceptors (Lipinski definition) is 4. The zero-order valence-corrected chi connectivity index (χ0v) is 13.6. The molecule has 2 N–H and O–H groups in total. The van der Waals surface area contributed by atoms with Crippen molar-refractivity contribution >= 4 is 12.0 Å². The quantitative estimate of drug-likeness (QED) is 0.882. The van der Waals surface area contributed by atoms with Crippen LogP contribution in [0.3, 0.4) is 0 Å². The van der Waals surface area contributed by atoms with E-state index < -0.39 is 12.2 Å². The zero-order valence-electron chi connectivity index (χ0n) is 13.6. The van der Waals surface area contributed by atoms with E-state index in [2.05, 4.69) is 5.32 Å². The third-order valence-electron chi connectivity index (χ3n) is 4.01. The summed E-state index contributed by atoms with van der Waals surface area (Å²) in [6.07, 6.45) is 0.293. The number of carbonyl (C=O) groups excluding carboxylic acids is 2. The minimum Gasteiger partial charge on any atom is -0.445 e. The summed E-state index contributed by atoms with van der Waals surface area (Å²) in [4.78, 5) is 25.5. The molecule has 6 nitrogen and oxygen atoms in total. The van der Waals surface area contributed by atoms with Crippen LogP contribution in [0.15, 0.2) is 30.3 Å². The average Bonchev–Trinajstić information content (AvgIpc) is 2.52. The van der Waals surface area contributed by atoms with Gasteiger partial charge in [0.1, 0.15) is 6.61 Å². The van der Waals surface area contributed by atoms with Crippen molar-refractivity contribution in [3.63, 3.8) is 0 Å². The number of benzene rings is 1. The predicted octanol–water partition coefficient (Wildman–Crippen LogP) is 1.53. The normalized spacial score (nSPS) is 23.9. The van der Waals surface area contributed by atoms with Gasteiger partial charge in [0.2, 0.25) is 5.91 Å². The third-order valence-corrected chi connectivity index (χ3v) is 4.01. The molecule has 3 atom stereocenters. The largest absolute Gasteiger partial charge is 0.445 e. The Morgan fingerprint density at radius 2 is 1.91 bits per heavy atom. The maximum absolute atomic E-state index is 12.1. The molecule has 0 saturated heterocycles. The van der Waals surface area contributed by atoms with Crippen molar-refractivity contribution in [3.8, 4) is 0 Å². The highest BCUT2D eigenvalue weighted by atomic mass is 16.5. The molecule has 0 radical (unpaired) electrons. The maximum Gasteiger partial charge on any atom is 0.407 e. The Labute approximate surface area is 136 Å². The SMILES string of the molecule is CN(C)C(=O)[C@H]1C[C@H](O)C[C@@H](NC(=O)OCc2ccccc2)C1. The molecular formula is C17H24N2O4. The summed E-state index contributed by atoms with van der Waals surface area (Å²) in [7, 11) is 3.39.